The highest BCUT2D eigenvalue weighted by molar-refractivity contribution is 4.48. The molecule has 0 aromatic rings. The molecule has 0 aromatic carbocycles. The minimum Gasteiger partial charge on any atom is -0.396 e. The molecule has 0 aromatic heterocycles. The molecule has 0 fully saturated rings. The van der Waals surface area contributed by atoms with E-state index in [-0.39, 0.29) is 0 Å². The van der Waals surface area contributed by atoms with Crippen molar-refractivity contribution < 1.29 is 19.3 Å². The van der Waals surface area contributed by atoms with Crippen LogP contribution in [-0.2, 0) is 14.2 Å². The van der Waals surface area contributed by atoms with Gasteiger partial charge < -0.3 is 24.6 Å². The highest BCUT2D eigenvalue weighted by Crippen LogP contribution is 1.91. The number of aliphatic hydroxyl groups excluding tert-OH is 1. The molecule has 0 rings (SSSR count). The standard InChI is InChI=1S/C12H27NO4/c1-15-9-10-17-12-11-16-8-6-13-5-3-2-4-7-14/h13-14H,2-12H2,1H3. The number of nitrogens with one attached hydrogen (secondary N) is 1. The summed E-state index contributed by atoms with van der Waals surface area (Å²) in [5.41, 5.74) is 0. The first kappa shape index (κ1) is 16.8. The molecule has 0 aliphatic rings. The largest absolute Gasteiger partial charge is 0.396 e. The van der Waals surface area contributed by atoms with Gasteiger partial charge in [-0.05, 0) is 25.8 Å². The Labute approximate surface area is 104 Å². The Morgan fingerprint density at radius 1 is 0.824 bits per heavy atom. The quantitative estimate of drug-likeness (QED) is 0.437. The maximum atomic E-state index is 8.58. The van der Waals surface area contributed by atoms with E-state index in [2.05, 4.69) is 5.32 Å². The maximum Gasteiger partial charge on any atom is 0.0701 e. The molecule has 0 bridgehead atoms. The zero-order chi connectivity index (χ0) is 12.6. The first-order valence-corrected chi connectivity index (χ1v) is 6.37. The van der Waals surface area contributed by atoms with Crippen LogP contribution >= 0.6 is 0 Å². The van der Waals surface area contributed by atoms with Crippen LogP contribution in [0.15, 0.2) is 0 Å². The number of aliphatic hydroxyl groups is 1. The average Bonchev–Trinajstić information content (AvgIpc) is 2.35. The molecule has 104 valence electrons. The third-order valence-electron chi connectivity index (χ3n) is 2.24. The van der Waals surface area contributed by atoms with E-state index in [0.29, 0.717) is 39.6 Å². The van der Waals surface area contributed by atoms with E-state index in [1.165, 1.54) is 0 Å². The summed E-state index contributed by atoms with van der Waals surface area (Å²) in [6.45, 7) is 5.40. The second kappa shape index (κ2) is 15.8. The fourth-order valence-electron chi connectivity index (χ4n) is 1.27. The van der Waals surface area contributed by atoms with E-state index in [1.807, 2.05) is 0 Å². The lowest BCUT2D eigenvalue weighted by Gasteiger charge is -2.06. The number of unbranched alkanes of at least 4 members (excludes halogenated alkanes) is 2. The van der Waals surface area contributed by atoms with Crippen LogP contribution in [0.25, 0.3) is 0 Å². The van der Waals surface area contributed by atoms with Gasteiger partial charge in [-0.1, -0.05) is 0 Å². The Balaban J connectivity index is 2.85. The Morgan fingerprint density at radius 3 is 2.24 bits per heavy atom. The lowest BCUT2D eigenvalue weighted by molar-refractivity contribution is 0.0256. The second-order valence-corrected chi connectivity index (χ2v) is 3.75. The van der Waals surface area contributed by atoms with E-state index in [1.54, 1.807) is 7.11 Å². The fraction of sp³-hybridized carbons (Fsp3) is 1.00. The molecular weight excluding hydrogens is 222 g/mol. The van der Waals surface area contributed by atoms with Gasteiger partial charge in [0.2, 0.25) is 0 Å². The lowest BCUT2D eigenvalue weighted by Crippen LogP contribution is -2.21. The highest BCUT2D eigenvalue weighted by atomic mass is 16.5. The van der Waals surface area contributed by atoms with E-state index in [4.69, 9.17) is 19.3 Å². The van der Waals surface area contributed by atoms with Crippen LogP contribution in [0.3, 0.4) is 0 Å². The molecular formula is C12H27NO4. The normalized spacial score (nSPS) is 10.9. The summed E-state index contributed by atoms with van der Waals surface area (Å²) >= 11 is 0. The first-order chi connectivity index (χ1) is 8.41. The molecule has 0 aliphatic heterocycles. The molecule has 0 saturated heterocycles. The van der Waals surface area contributed by atoms with Gasteiger partial charge in [0.15, 0.2) is 0 Å². The molecule has 0 radical (unpaired) electrons. The van der Waals surface area contributed by atoms with Gasteiger partial charge in [0.1, 0.15) is 0 Å². The Hall–Kier alpha value is -0.200. The van der Waals surface area contributed by atoms with Gasteiger partial charge in [0, 0.05) is 20.3 Å². The third-order valence-corrected chi connectivity index (χ3v) is 2.24. The minimum absolute atomic E-state index is 0.298. The molecule has 0 heterocycles. The van der Waals surface area contributed by atoms with Crippen molar-refractivity contribution in [2.24, 2.45) is 0 Å². The summed E-state index contributed by atoms with van der Waals surface area (Å²) in [7, 11) is 1.66. The topological polar surface area (TPSA) is 60.0 Å². The molecule has 0 spiro atoms. The van der Waals surface area contributed by atoms with Gasteiger partial charge in [-0.3, -0.25) is 0 Å². The monoisotopic (exact) mass is 249 g/mol. The second-order valence-electron chi connectivity index (χ2n) is 3.75. The van der Waals surface area contributed by atoms with E-state index in [9.17, 15) is 0 Å². The number of ether oxygens (including phenoxy) is 3. The summed E-state index contributed by atoms with van der Waals surface area (Å²) in [5, 5.41) is 11.9. The number of rotatable bonds is 14. The fourth-order valence-corrected chi connectivity index (χ4v) is 1.27. The van der Waals surface area contributed by atoms with Crippen LogP contribution in [-0.4, -0.2) is 64.9 Å². The first-order valence-electron chi connectivity index (χ1n) is 6.37. The summed E-state index contributed by atoms with van der Waals surface area (Å²) in [6.07, 6.45) is 3.09. The van der Waals surface area contributed by atoms with Crippen molar-refractivity contribution in [2.45, 2.75) is 19.3 Å². The van der Waals surface area contributed by atoms with Crippen molar-refractivity contribution in [2.75, 3.05) is 59.8 Å². The van der Waals surface area contributed by atoms with Crippen molar-refractivity contribution in [3.63, 3.8) is 0 Å². The van der Waals surface area contributed by atoms with Crippen LogP contribution < -0.4 is 5.32 Å². The van der Waals surface area contributed by atoms with Crippen molar-refractivity contribution in [3.8, 4) is 0 Å². The molecule has 17 heavy (non-hydrogen) atoms. The van der Waals surface area contributed by atoms with Crippen molar-refractivity contribution in [1.82, 2.24) is 5.32 Å². The van der Waals surface area contributed by atoms with Crippen molar-refractivity contribution in [3.05, 3.63) is 0 Å². The molecule has 0 amide bonds. The molecule has 0 saturated carbocycles. The predicted octanol–water partition coefficient (Wildman–Crippen LogP) is 0.418. The minimum atomic E-state index is 0.298. The number of hydrogen-bond acceptors (Lipinski definition) is 5. The zero-order valence-electron chi connectivity index (χ0n) is 11.0. The van der Waals surface area contributed by atoms with Gasteiger partial charge >= 0.3 is 0 Å². The smallest absolute Gasteiger partial charge is 0.0701 e. The molecule has 5 heteroatoms. The highest BCUT2D eigenvalue weighted by Gasteiger charge is 1.91. The van der Waals surface area contributed by atoms with Gasteiger partial charge in [-0.25, -0.2) is 0 Å². The van der Waals surface area contributed by atoms with Crippen LogP contribution in [0.2, 0.25) is 0 Å². The van der Waals surface area contributed by atoms with Gasteiger partial charge in [0.25, 0.3) is 0 Å². The van der Waals surface area contributed by atoms with Gasteiger partial charge in [-0.15, -0.1) is 0 Å². The summed E-state index contributed by atoms with van der Waals surface area (Å²) in [5.74, 6) is 0. The SMILES string of the molecule is COCCOCCOCCNCCCCCO. The molecule has 0 unspecified atom stereocenters. The number of hydrogen-bond donors (Lipinski definition) is 2. The summed E-state index contributed by atoms with van der Waals surface area (Å²) < 4.78 is 15.5. The molecule has 0 atom stereocenters. The average molecular weight is 249 g/mol. The summed E-state index contributed by atoms with van der Waals surface area (Å²) in [4.78, 5) is 0. The molecule has 2 N–H and O–H groups in total. The maximum absolute atomic E-state index is 8.58. The molecule has 5 nitrogen and oxygen atoms in total. The Kier molecular flexibility index (Phi) is 15.6. The van der Waals surface area contributed by atoms with E-state index < -0.39 is 0 Å². The Morgan fingerprint density at radius 2 is 1.53 bits per heavy atom. The van der Waals surface area contributed by atoms with Crippen LogP contribution in [0, 0.1) is 0 Å². The van der Waals surface area contributed by atoms with Gasteiger partial charge in [-0.2, -0.15) is 0 Å². The predicted molar refractivity (Wildman–Crippen MR) is 67.3 cm³/mol. The Bertz CT molecular complexity index is 122. The lowest BCUT2D eigenvalue weighted by atomic mass is 10.2. The zero-order valence-corrected chi connectivity index (χ0v) is 11.0. The van der Waals surface area contributed by atoms with Gasteiger partial charge in [0.05, 0.1) is 33.0 Å². The van der Waals surface area contributed by atoms with E-state index >= 15 is 0 Å². The van der Waals surface area contributed by atoms with Crippen LogP contribution in [0.4, 0.5) is 0 Å². The van der Waals surface area contributed by atoms with Crippen LogP contribution in [0.5, 0.6) is 0 Å². The summed E-state index contributed by atoms with van der Waals surface area (Å²) in [6, 6.07) is 0. The van der Waals surface area contributed by atoms with Crippen molar-refractivity contribution >= 4 is 0 Å². The van der Waals surface area contributed by atoms with Crippen molar-refractivity contribution in [1.29, 1.82) is 0 Å². The van der Waals surface area contributed by atoms with Crippen LogP contribution in [0.1, 0.15) is 19.3 Å². The number of methoxy groups -OCH3 is 1. The third kappa shape index (κ3) is 15.8. The molecule has 0 aliphatic carbocycles. The van der Waals surface area contributed by atoms with E-state index in [0.717, 1.165) is 32.4 Å².